The van der Waals surface area contributed by atoms with E-state index in [-0.39, 0.29) is 45.7 Å². The van der Waals surface area contributed by atoms with Crippen molar-refractivity contribution >= 4 is 53.3 Å². The number of rotatable bonds is 14. The van der Waals surface area contributed by atoms with Crippen LogP contribution in [0, 0.1) is 0 Å². The summed E-state index contributed by atoms with van der Waals surface area (Å²) < 4.78 is 52.8. The average molecular weight is 934 g/mol. The van der Waals surface area contributed by atoms with Crippen LogP contribution in [0.3, 0.4) is 0 Å². The highest BCUT2D eigenvalue weighted by molar-refractivity contribution is 7.92. The van der Waals surface area contributed by atoms with E-state index in [1.54, 1.807) is 27.7 Å². The number of piperidine rings is 1. The third-order valence-electron chi connectivity index (χ3n) is 13.5. The molecule has 0 unspecified atom stereocenters. The van der Waals surface area contributed by atoms with E-state index >= 15 is 0 Å². The lowest BCUT2D eigenvalue weighted by molar-refractivity contribution is 0.0721. The third kappa shape index (κ3) is 11.5. The van der Waals surface area contributed by atoms with Crippen LogP contribution in [-0.2, 0) is 19.7 Å². The van der Waals surface area contributed by atoms with Crippen LogP contribution in [0.2, 0.25) is 0 Å². The Labute approximate surface area is 392 Å². The fourth-order valence-electron chi connectivity index (χ4n) is 8.75. The van der Waals surface area contributed by atoms with Crippen molar-refractivity contribution in [3.8, 4) is 11.4 Å². The van der Waals surface area contributed by atoms with Crippen molar-refractivity contribution in [3.05, 3.63) is 132 Å². The first kappa shape index (κ1) is 48.7. The zero-order valence-electron chi connectivity index (χ0n) is 39.4. The number of amides is 2. The standard InChI is InChI=1S/C27H34N2O3S.C26H33N3O3S/c1-20(2)33(31,32)18-14-21(3)22-7-10-25(11-8-22)29-17-13-23-19-24(9-12-26(23)29)27(30)28-15-5-4-6-16-28;1-19(2)33(31,32)17-11-20(3)21-4-7-24(8-5-21)29-14-10-22-18-23(6-9-25(22)29)26(30)28-15-12-27-13-16-28/h7-13,17,19-21H,4-6,14-16,18H2,1-3H3;4-10,14,18-20,27H,11-13,15-17H2,1-3H3/t21-;20-/m00/s1. The Morgan fingerprint density at radius 2 is 0.909 bits per heavy atom. The molecule has 1 N–H and O–H groups in total. The molecule has 2 aromatic heterocycles. The highest BCUT2D eigenvalue weighted by atomic mass is 32.2. The summed E-state index contributed by atoms with van der Waals surface area (Å²) in [6, 6.07) is 32.6. The van der Waals surface area contributed by atoms with Gasteiger partial charge in [-0.25, -0.2) is 16.8 Å². The Bertz CT molecular complexity index is 2640. The summed E-state index contributed by atoms with van der Waals surface area (Å²) in [6.45, 7) is 16.0. The summed E-state index contributed by atoms with van der Waals surface area (Å²) in [4.78, 5) is 29.6. The lowest BCUT2D eigenvalue weighted by Crippen LogP contribution is -2.46. The lowest BCUT2D eigenvalue weighted by Gasteiger charge is -2.27. The van der Waals surface area contributed by atoms with E-state index in [2.05, 4.69) is 82.9 Å². The van der Waals surface area contributed by atoms with Crippen molar-refractivity contribution in [3.63, 3.8) is 0 Å². The molecule has 11 nitrogen and oxygen atoms in total. The second kappa shape index (κ2) is 21.2. The lowest BCUT2D eigenvalue weighted by atomic mass is 9.98. The van der Waals surface area contributed by atoms with Gasteiger partial charge in [-0.1, -0.05) is 38.1 Å². The quantitative estimate of drug-likeness (QED) is 0.115. The second-order valence-corrected chi connectivity index (χ2v) is 24.1. The van der Waals surface area contributed by atoms with Gasteiger partial charge in [-0.05, 0) is 156 Å². The number of sulfone groups is 2. The zero-order chi connectivity index (χ0) is 47.2. The molecule has 8 rings (SSSR count). The number of nitrogens with one attached hydrogen (secondary N) is 1. The van der Waals surface area contributed by atoms with Crippen molar-refractivity contribution in [1.29, 1.82) is 0 Å². The van der Waals surface area contributed by atoms with Crippen molar-refractivity contribution in [2.45, 2.75) is 96.0 Å². The molecule has 0 spiro atoms. The molecule has 2 amide bonds. The number of carbonyl (C=O) groups excluding carboxylic acids is 2. The molecule has 0 saturated carbocycles. The molecule has 2 atom stereocenters. The van der Waals surface area contributed by atoms with Gasteiger partial charge in [0.05, 0.1) is 33.0 Å². The second-order valence-electron chi connectivity index (χ2n) is 18.7. The number of carbonyl (C=O) groups is 2. The highest BCUT2D eigenvalue weighted by Crippen LogP contribution is 2.28. The molecule has 352 valence electrons. The minimum atomic E-state index is -3.02. The van der Waals surface area contributed by atoms with Crippen LogP contribution < -0.4 is 5.32 Å². The summed E-state index contributed by atoms with van der Waals surface area (Å²) >= 11 is 0. The molecule has 2 fully saturated rings. The maximum Gasteiger partial charge on any atom is 0.253 e. The largest absolute Gasteiger partial charge is 0.339 e. The van der Waals surface area contributed by atoms with E-state index < -0.39 is 19.7 Å². The zero-order valence-corrected chi connectivity index (χ0v) is 41.1. The molecule has 13 heteroatoms. The van der Waals surface area contributed by atoms with E-state index in [1.807, 2.05) is 64.7 Å². The maximum atomic E-state index is 12.9. The fourth-order valence-corrected chi connectivity index (χ4v) is 11.1. The summed E-state index contributed by atoms with van der Waals surface area (Å²) in [5.74, 6) is 0.995. The minimum absolute atomic E-state index is 0.0870. The Hall–Kier alpha value is -5.24. The predicted molar refractivity (Wildman–Crippen MR) is 269 cm³/mol. The van der Waals surface area contributed by atoms with E-state index in [0.29, 0.717) is 12.8 Å². The smallest absolute Gasteiger partial charge is 0.253 e. The van der Waals surface area contributed by atoms with Crippen LogP contribution in [0.4, 0.5) is 0 Å². The number of hydrogen-bond acceptors (Lipinski definition) is 7. The van der Waals surface area contributed by atoms with Gasteiger partial charge < -0.3 is 24.3 Å². The Balaban J connectivity index is 0.000000196. The van der Waals surface area contributed by atoms with Crippen LogP contribution >= 0.6 is 0 Å². The fraction of sp³-hybridized carbons (Fsp3) is 0.434. The monoisotopic (exact) mass is 933 g/mol. The maximum absolute atomic E-state index is 12.9. The molecule has 6 aromatic rings. The van der Waals surface area contributed by atoms with E-state index in [1.165, 1.54) is 6.42 Å². The molecule has 2 aliphatic heterocycles. The number of fused-ring (bicyclic) bond motifs is 2. The SMILES string of the molecule is CC(C)S(=O)(=O)CC[C@H](C)c1ccc(-n2ccc3cc(C(=O)N4CCCCC4)ccc32)cc1.CC(C)S(=O)(=O)CC[C@H](C)c1ccc(-n2ccc3cc(C(=O)N4CCNCC4)ccc32)cc1. The predicted octanol–water partition coefficient (Wildman–Crippen LogP) is 9.57. The molecule has 2 saturated heterocycles. The number of benzene rings is 4. The van der Waals surface area contributed by atoms with Crippen molar-refractivity contribution in [2.75, 3.05) is 50.8 Å². The molecule has 4 aromatic carbocycles. The number of aromatic nitrogens is 2. The van der Waals surface area contributed by atoms with Gasteiger partial charge in [-0.15, -0.1) is 0 Å². The van der Waals surface area contributed by atoms with Crippen LogP contribution in [0.1, 0.15) is 117 Å². The van der Waals surface area contributed by atoms with Crippen molar-refractivity contribution < 1.29 is 26.4 Å². The molecule has 0 radical (unpaired) electrons. The average Bonchev–Trinajstić information content (AvgIpc) is 3.97. The van der Waals surface area contributed by atoms with Gasteiger partial charge in [0.15, 0.2) is 19.7 Å². The van der Waals surface area contributed by atoms with Crippen LogP contribution in [0.15, 0.2) is 109 Å². The molecular formula is C53H67N5O6S2. The van der Waals surface area contributed by atoms with Crippen LogP contribution in [-0.4, -0.2) is 109 Å². The number of nitrogens with zero attached hydrogens (tertiary/aromatic N) is 4. The van der Waals surface area contributed by atoms with Crippen LogP contribution in [0.5, 0.6) is 0 Å². The number of hydrogen-bond donors (Lipinski definition) is 1. The number of piperazine rings is 1. The first-order valence-corrected chi connectivity index (χ1v) is 27.1. The van der Waals surface area contributed by atoms with Gasteiger partial charge in [-0.3, -0.25) is 9.59 Å². The van der Waals surface area contributed by atoms with E-state index in [0.717, 1.165) is 108 Å². The van der Waals surface area contributed by atoms with E-state index in [4.69, 9.17) is 0 Å². The van der Waals surface area contributed by atoms with Gasteiger partial charge in [0.2, 0.25) is 0 Å². The van der Waals surface area contributed by atoms with Gasteiger partial charge in [0.25, 0.3) is 11.8 Å². The third-order valence-corrected chi connectivity index (χ3v) is 18.0. The van der Waals surface area contributed by atoms with Gasteiger partial charge in [0, 0.05) is 84.9 Å². The minimum Gasteiger partial charge on any atom is -0.339 e. The Morgan fingerprint density at radius 1 is 0.515 bits per heavy atom. The van der Waals surface area contributed by atoms with Gasteiger partial charge in [-0.2, -0.15) is 0 Å². The van der Waals surface area contributed by atoms with Gasteiger partial charge >= 0.3 is 0 Å². The van der Waals surface area contributed by atoms with Crippen molar-refractivity contribution in [2.24, 2.45) is 0 Å². The summed E-state index contributed by atoms with van der Waals surface area (Å²) in [6.07, 6.45) is 8.69. The molecular weight excluding hydrogens is 867 g/mol. The van der Waals surface area contributed by atoms with Crippen LogP contribution in [0.25, 0.3) is 33.2 Å². The summed E-state index contributed by atoms with van der Waals surface area (Å²) in [7, 11) is -6.04. The Morgan fingerprint density at radius 3 is 1.30 bits per heavy atom. The molecule has 66 heavy (non-hydrogen) atoms. The first-order valence-electron chi connectivity index (χ1n) is 23.7. The van der Waals surface area contributed by atoms with Gasteiger partial charge in [0.1, 0.15) is 0 Å². The molecule has 4 heterocycles. The van der Waals surface area contributed by atoms with Crippen molar-refractivity contribution in [1.82, 2.24) is 24.3 Å². The topological polar surface area (TPSA) is 131 Å². The summed E-state index contributed by atoms with van der Waals surface area (Å²) in [5.41, 5.74) is 7.96. The normalized spacial score (nSPS) is 15.8. The highest BCUT2D eigenvalue weighted by Gasteiger charge is 2.22. The Kier molecular flexibility index (Phi) is 15.6. The molecule has 0 bridgehead atoms. The number of likely N-dealkylation sites (tertiary alicyclic amines) is 1. The first-order chi connectivity index (χ1) is 31.5. The summed E-state index contributed by atoms with van der Waals surface area (Å²) in [5, 5.41) is 4.70. The van der Waals surface area contributed by atoms with E-state index in [9.17, 15) is 26.4 Å². The molecule has 2 aliphatic rings. The molecule has 0 aliphatic carbocycles.